The van der Waals surface area contributed by atoms with Crippen molar-refractivity contribution in [2.45, 2.75) is 19.9 Å². The molecule has 0 saturated carbocycles. The van der Waals surface area contributed by atoms with Gasteiger partial charge in [0.25, 0.3) is 0 Å². The Balaban J connectivity index is 1.97. The molecule has 0 unspecified atom stereocenters. The summed E-state index contributed by atoms with van der Waals surface area (Å²) < 4.78 is 0. The Labute approximate surface area is 109 Å². The van der Waals surface area contributed by atoms with E-state index in [4.69, 9.17) is 10.0 Å². The van der Waals surface area contributed by atoms with Gasteiger partial charge in [0, 0.05) is 37.9 Å². The maximum absolute atomic E-state index is 9.06. The molecule has 0 radical (unpaired) electrons. The fourth-order valence-corrected chi connectivity index (χ4v) is 2.35. The van der Waals surface area contributed by atoms with Crippen LogP contribution in [-0.4, -0.2) is 54.3 Å². The number of nitrogens with zero attached hydrogens (tertiary/aromatic N) is 2. The van der Waals surface area contributed by atoms with Crippen molar-refractivity contribution in [3.63, 3.8) is 0 Å². The summed E-state index contributed by atoms with van der Waals surface area (Å²) in [7, 11) is -1.38. The van der Waals surface area contributed by atoms with Gasteiger partial charge in [0.1, 0.15) is 0 Å². The highest BCUT2D eigenvalue weighted by Crippen LogP contribution is 2.16. The average Bonchev–Trinajstić information content (AvgIpc) is 2.39. The Kier molecular flexibility index (Phi) is 4.27. The van der Waals surface area contributed by atoms with Crippen molar-refractivity contribution in [1.82, 2.24) is 4.90 Å². The summed E-state index contributed by atoms with van der Waals surface area (Å²) in [5, 5.41) is 18.1. The van der Waals surface area contributed by atoms with E-state index in [0.29, 0.717) is 11.5 Å². The Morgan fingerprint density at radius 2 is 1.56 bits per heavy atom. The molecule has 5 heteroatoms. The van der Waals surface area contributed by atoms with Crippen LogP contribution in [0.2, 0.25) is 0 Å². The molecular formula is C13H21BN2O2. The van der Waals surface area contributed by atoms with Crippen LogP contribution >= 0.6 is 0 Å². The zero-order valence-electron chi connectivity index (χ0n) is 11.1. The number of hydrogen-bond donors (Lipinski definition) is 2. The van der Waals surface area contributed by atoms with Gasteiger partial charge in [-0.3, -0.25) is 4.90 Å². The number of anilines is 1. The van der Waals surface area contributed by atoms with Crippen LogP contribution in [0.5, 0.6) is 0 Å². The van der Waals surface area contributed by atoms with Gasteiger partial charge < -0.3 is 14.9 Å². The van der Waals surface area contributed by atoms with E-state index in [-0.39, 0.29) is 0 Å². The minimum atomic E-state index is -1.38. The SMILES string of the molecule is CC(C)N1CCN(c2ccc(B(O)O)cc2)CC1. The molecule has 1 aromatic rings. The van der Waals surface area contributed by atoms with Crippen molar-refractivity contribution in [3.8, 4) is 0 Å². The van der Waals surface area contributed by atoms with Crippen molar-refractivity contribution in [1.29, 1.82) is 0 Å². The predicted molar refractivity (Wildman–Crippen MR) is 75.2 cm³/mol. The monoisotopic (exact) mass is 248 g/mol. The van der Waals surface area contributed by atoms with Crippen LogP contribution in [-0.2, 0) is 0 Å². The largest absolute Gasteiger partial charge is 0.488 e. The molecule has 0 atom stereocenters. The summed E-state index contributed by atoms with van der Waals surface area (Å²) >= 11 is 0. The fraction of sp³-hybridized carbons (Fsp3) is 0.538. The van der Waals surface area contributed by atoms with Gasteiger partial charge in [-0.2, -0.15) is 0 Å². The van der Waals surface area contributed by atoms with E-state index in [1.165, 1.54) is 0 Å². The first-order valence-electron chi connectivity index (χ1n) is 6.53. The fourth-order valence-electron chi connectivity index (χ4n) is 2.35. The minimum absolute atomic E-state index is 0.541. The van der Waals surface area contributed by atoms with Gasteiger partial charge in [-0.1, -0.05) is 12.1 Å². The quantitative estimate of drug-likeness (QED) is 0.733. The molecule has 1 aliphatic rings. The zero-order valence-corrected chi connectivity index (χ0v) is 11.1. The third kappa shape index (κ3) is 3.04. The van der Waals surface area contributed by atoms with Crippen LogP contribution in [0.25, 0.3) is 0 Å². The van der Waals surface area contributed by atoms with Crippen molar-refractivity contribution in [2.75, 3.05) is 31.1 Å². The molecule has 1 aromatic carbocycles. The Bertz CT molecular complexity index is 373. The first-order valence-corrected chi connectivity index (χ1v) is 6.53. The van der Waals surface area contributed by atoms with E-state index >= 15 is 0 Å². The first-order chi connectivity index (χ1) is 8.58. The normalized spacial score (nSPS) is 17.3. The maximum Gasteiger partial charge on any atom is 0.488 e. The van der Waals surface area contributed by atoms with Crippen molar-refractivity contribution in [2.24, 2.45) is 0 Å². The molecule has 4 nitrogen and oxygen atoms in total. The minimum Gasteiger partial charge on any atom is -0.423 e. The predicted octanol–water partition coefficient (Wildman–Crippen LogP) is -0.103. The Morgan fingerprint density at radius 1 is 1.00 bits per heavy atom. The van der Waals surface area contributed by atoms with Gasteiger partial charge in [0.15, 0.2) is 0 Å². The molecule has 1 fully saturated rings. The Morgan fingerprint density at radius 3 is 2.00 bits per heavy atom. The van der Waals surface area contributed by atoms with Crippen LogP contribution in [0.3, 0.4) is 0 Å². The highest BCUT2D eigenvalue weighted by atomic mass is 16.4. The second kappa shape index (κ2) is 5.74. The highest BCUT2D eigenvalue weighted by Gasteiger charge is 2.19. The van der Waals surface area contributed by atoms with Gasteiger partial charge in [-0.05, 0) is 31.4 Å². The highest BCUT2D eigenvalue weighted by molar-refractivity contribution is 6.58. The number of benzene rings is 1. The Hall–Kier alpha value is -1.04. The molecule has 1 saturated heterocycles. The van der Waals surface area contributed by atoms with Crippen LogP contribution in [0.15, 0.2) is 24.3 Å². The van der Waals surface area contributed by atoms with E-state index in [0.717, 1.165) is 31.9 Å². The summed E-state index contributed by atoms with van der Waals surface area (Å²) in [5.74, 6) is 0. The van der Waals surface area contributed by atoms with Gasteiger partial charge in [-0.25, -0.2) is 0 Å². The lowest BCUT2D eigenvalue weighted by Gasteiger charge is -2.38. The molecule has 0 aromatic heterocycles. The molecule has 1 aliphatic heterocycles. The van der Waals surface area contributed by atoms with Gasteiger partial charge in [-0.15, -0.1) is 0 Å². The summed E-state index contributed by atoms with van der Waals surface area (Å²) in [6, 6.07) is 8.07. The van der Waals surface area contributed by atoms with E-state index < -0.39 is 7.12 Å². The molecular weight excluding hydrogens is 227 g/mol. The average molecular weight is 248 g/mol. The summed E-state index contributed by atoms with van der Waals surface area (Å²) in [4.78, 5) is 4.81. The lowest BCUT2D eigenvalue weighted by molar-refractivity contribution is 0.209. The van der Waals surface area contributed by atoms with Crippen molar-refractivity contribution >= 4 is 18.3 Å². The molecule has 0 spiro atoms. The number of hydrogen-bond acceptors (Lipinski definition) is 4. The summed E-state index contributed by atoms with van der Waals surface area (Å²) in [6.07, 6.45) is 0. The molecule has 18 heavy (non-hydrogen) atoms. The second-order valence-electron chi connectivity index (χ2n) is 5.08. The summed E-state index contributed by atoms with van der Waals surface area (Å²) in [6.45, 7) is 8.68. The molecule has 0 amide bonds. The molecule has 0 aliphatic carbocycles. The van der Waals surface area contributed by atoms with E-state index in [2.05, 4.69) is 23.6 Å². The van der Waals surface area contributed by atoms with Crippen LogP contribution in [0.4, 0.5) is 5.69 Å². The summed E-state index contributed by atoms with van der Waals surface area (Å²) in [5.41, 5.74) is 1.70. The van der Waals surface area contributed by atoms with Gasteiger partial charge in [0.2, 0.25) is 0 Å². The van der Waals surface area contributed by atoms with Crippen molar-refractivity contribution < 1.29 is 10.0 Å². The molecule has 1 heterocycles. The third-order valence-corrected chi connectivity index (χ3v) is 3.60. The lowest BCUT2D eigenvalue weighted by Crippen LogP contribution is -2.49. The van der Waals surface area contributed by atoms with Crippen LogP contribution in [0, 0.1) is 0 Å². The number of piperazine rings is 1. The standard InChI is InChI=1S/C13H21BN2O2/c1-11(2)15-7-9-16(10-8-15)13-5-3-12(4-6-13)14(17)18/h3-6,11,17-18H,7-10H2,1-2H3. The smallest absolute Gasteiger partial charge is 0.423 e. The zero-order chi connectivity index (χ0) is 13.1. The molecule has 2 N–H and O–H groups in total. The second-order valence-corrected chi connectivity index (χ2v) is 5.08. The number of rotatable bonds is 3. The van der Waals surface area contributed by atoms with Crippen LogP contribution in [0.1, 0.15) is 13.8 Å². The van der Waals surface area contributed by atoms with E-state index in [9.17, 15) is 0 Å². The molecule has 98 valence electrons. The van der Waals surface area contributed by atoms with E-state index in [1.807, 2.05) is 12.1 Å². The van der Waals surface area contributed by atoms with E-state index in [1.54, 1.807) is 12.1 Å². The first kappa shape index (κ1) is 13.4. The molecule has 2 rings (SSSR count). The van der Waals surface area contributed by atoms with Crippen LogP contribution < -0.4 is 10.4 Å². The third-order valence-electron chi connectivity index (χ3n) is 3.60. The lowest BCUT2D eigenvalue weighted by atomic mass is 9.80. The van der Waals surface area contributed by atoms with Gasteiger partial charge >= 0.3 is 7.12 Å². The maximum atomic E-state index is 9.06. The van der Waals surface area contributed by atoms with Crippen molar-refractivity contribution in [3.05, 3.63) is 24.3 Å². The topological polar surface area (TPSA) is 46.9 Å². The molecule has 0 bridgehead atoms. The van der Waals surface area contributed by atoms with Gasteiger partial charge in [0.05, 0.1) is 0 Å².